The summed E-state index contributed by atoms with van der Waals surface area (Å²) in [5, 5.41) is 7.31. The number of nitrogens with zero attached hydrogens (tertiary/aromatic N) is 3. The predicted octanol–water partition coefficient (Wildman–Crippen LogP) is 4.61. The van der Waals surface area contributed by atoms with Gasteiger partial charge in [0.15, 0.2) is 0 Å². The van der Waals surface area contributed by atoms with Gasteiger partial charge in [-0.15, -0.1) is 11.3 Å². The Balaban J connectivity index is 1.20. The van der Waals surface area contributed by atoms with Crippen LogP contribution in [-0.4, -0.2) is 47.9 Å². The second kappa shape index (κ2) is 10.1. The third-order valence-corrected chi connectivity index (χ3v) is 10.6. The summed E-state index contributed by atoms with van der Waals surface area (Å²) in [7, 11) is -3.64. The quantitative estimate of drug-likeness (QED) is 0.613. The Morgan fingerprint density at radius 1 is 1.06 bits per heavy atom. The van der Waals surface area contributed by atoms with Crippen molar-refractivity contribution in [1.29, 1.82) is 0 Å². The molecule has 1 N–H and O–H groups in total. The van der Waals surface area contributed by atoms with Crippen molar-refractivity contribution in [2.24, 2.45) is 5.92 Å². The Bertz CT molecular complexity index is 1110. The Labute approximate surface area is 205 Å². The minimum atomic E-state index is -3.64. The number of sulfonamides is 1. The van der Waals surface area contributed by atoms with Gasteiger partial charge in [0.2, 0.25) is 27.6 Å². The van der Waals surface area contributed by atoms with Crippen LogP contribution in [0.1, 0.15) is 87.3 Å². The van der Waals surface area contributed by atoms with Crippen molar-refractivity contribution in [2.45, 2.75) is 94.4 Å². The lowest BCUT2D eigenvalue weighted by Crippen LogP contribution is -2.45. The lowest BCUT2D eigenvalue weighted by molar-refractivity contribution is -0.127. The Morgan fingerprint density at radius 2 is 1.74 bits per heavy atom. The number of hydrogen-bond acceptors (Lipinski definition) is 7. The summed E-state index contributed by atoms with van der Waals surface area (Å²) >= 11 is 1.38. The summed E-state index contributed by atoms with van der Waals surface area (Å²) in [6.07, 6.45) is 11.5. The first-order valence-electron chi connectivity index (χ1n) is 12.7. The van der Waals surface area contributed by atoms with Crippen molar-refractivity contribution in [3.63, 3.8) is 0 Å². The summed E-state index contributed by atoms with van der Waals surface area (Å²) in [5.74, 6) is 1.44. The standard InChI is InChI=1S/C24H34N4O4S2/c1-16-21(15-20(33-16)22-26-24(32-27-22)18-9-10-18)34(30,31)28-13-11-17(12-14-28)23(29)25-19-7-5-3-2-4-6-8-19/h15,17-19H,2-14H2,1H3,(H,25,29). The number of amides is 1. The van der Waals surface area contributed by atoms with E-state index in [1.807, 2.05) is 6.92 Å². The molecule has 0 bridgehead atoms. The highest BCUT2D eigenvalue weighted by atomic mass is 32.2. The molecule has 0 unspecified atom stereocenters. The van der Waals surface area contributed by atoms with Crippen LogP contribution in [0.3, 0.4) is 0 Å². The molecule has 2 aliphatic carbocycles. The fraction of sp³-hybridized carbons (Fsp3) is 0.708. The fourth-order valence-electron chi connectivity index (χ4n) is 5.08. The van der Waals surface area contributed by atoms with Crippen LogP contribution in [0, 0.1) is 12.8 Å². The number of rotatable bonds is 6. The smallest absolute Gasteiger partial charge is 0.244 e. The van der Waals surface area contributed by atoms with Crippen molar-refractivity contribution in [1.82, 2.24) is 19.8 Å². The number of aryl methyl sites for hydroxylation is 1. The molecule has 0 atom stereocenters. The lowest BCUT2D eigenvalue weighted by Gasteiger charge is -2.31. The molecule has 10 heteroatoms. The molecule has 5 rings (SSSR count). The molecule has 3 fully saturated rings. The molecule has 8 nitrogen and oxygen atoms in total. The molecule has 2 aromatic heterocycles. The van der Waals surface area contributed by atoms with Crippen LogP contribution >= 0.6 is 11.3 Å². The van der Waals surface area contributed by atoms with Gasteiger partial charge in [-0.2, -0.15) is 9.29 Å². The number of nitrogens with one attached hydrogen (secondary N) is 1. The molecule has 1 amide bonds. The molecule has 3 aliphatic rings. The largest absolute Gasteiger partial charge is 0.353 e. The van der Waals surface area contributed by atoms with E-state index in [1.54, 1.807) is 6.07 Å². The van der Waals surface area contributed by atoms with E-state index >= 15 is 0 Å². The SMILES string of the molecule is Cc1sc(-c2noc(C3CC3)n2)cc1S(=O)(=O)N1CCC(C(=O)NC2CCCCCCC2)CC1. The van der Waals surface area contributed by atoms with Crippen molar-refractivity contribution < 1.29 is 17.7 Å². The predicted molar refractivity (Wildman–Crippen MR) is 130 cm³/mol. The molecule has 2 saturated carbocycles. The van der Waals surface area contributed by atoms with Gasteiger partial charge in [0, 0.05) is 35.8 Å². The number of carbonyl (C=O) groups excluding carboxylic acids is 1. The van der Waals surface area contributed by atoms with Crippen molar-refractivity contribution in [3.05, 3.63) is 16.8 Å². The average Bonchev–Trinajstić information content (AvgIpc) is 3.40. The summed E-state index contributed by atoms with van der Waals surface area (Å²) < 4.78 is 33.7. The second-order valence-electron chi connectivity index (χ2n) is 9.99. The van der Waals surface area contributed by atoms with Gasteiger partial charge in [0.05, 0.1) is 9.77 Å². The first-order chi connectivity index (χ1) is 16.4. The van der Waals surface area contributed by atoms with Gasteiger partial charge in [0.1, 0.15) is 0 Å². The zero-order valence-corrected chi connectivity index (χ0v) is 21.4. The van der Waals surface area contributed by atoms with Gasteiger partial charge in [-0.25, -0.2) is 8.42 Å². The number of piperidine rings is 1. The Morgan fingerprint density at radius 3 is 2.41 bits per heavy atom. The maximum Gasteiger partial charge on any atom is 0.244 e. The van der Waals surface area contributed by atoms with E-state index in [4.69, 9.17) is 4.52 Å². The van der Waals surface area contributed by atoms with Gasteiger partial charge in [0.25, 0.3) is 0 Å². The molecule has 2 aromatic rings. The van der Waals surface area contributed by atoms with Crippen LogP contribution in [0.25, 0.3) is 10.7 Å². The highest BCUT2D eigenvalue weighted by Crippen LogP contribution is 2.41. The third kappa shape index (κ3) is 5.23. The summed E-state index contributed by atoms with van der Waals surface area (Å²) in [6.45, 7) is 2.55. The van der Waals surface area contributed by atoms with Crippen molar-refractivity contribution in [3.8, 4) is 10.7 Å². The van der Waals surface area contributed by atoms with E-state index in [2.05, 4.69) is 15.5 Å². The molecular weight excluding hydrogens is 472 g/mol. The normalized spacial score (nSPS) is 21.8. The van der Waals surface area contributed by atoms with Crippen LogP contribution in [0.4, 0.5) is 0 Å². The van der Waals surface area contributed by atoms with Crippen LogP contribution in [-0.2, 0) is 14.8 Å². The van der Waals surface area contributed by atoms with Crippen molar-refractivity contribution in [2.75, 3.05) is 13.1 Å². The molecule has 3 heterocycles. The van der Waals surface area contributed by atoms with Gasteiger partial charge in [-0.3, -0.25) is 4.79 Å². The fourth-order valence-corrected chi connectivity index (χ4v) is 8.04. The number of aromatic nitrogens is 2. The summed E-state index contributed by atoms with van der Waals surface area (Å²) in [4.78, 5) is 19.1. The van der Waals surface area contributed by atoms with Crippen LogP contribution in [0.5, 0.6) is 0 Å². The number of thiophene rings is 1. The highest BCUT2D eigenvalue weighted by Gasteiger charge is 2.35. The molecular formula is C24H34N4O4S2. The molecule has 186 valence electrons. The highest BCUT2D eigenvalue weighted by molar-refractivity contribution is 7.89. The van der Waals surface area contributed by atoms with Crippen LogP contribution in [0.15, 0.2) is 15.5 Å². The summed E-state index contributed by atoms with van der Waals surface area (Å²) in [5.41, 5.74) is 0. The van der Waals surface area contributed by atoms with Gasteiger partial charge in [-0.05, 0) is 51.5 Å². The molecule has 1 saturated heterocycles. The van der Waals surface area contributed by atoms with E-state index in [0.717, 1.165) is 30.6 Å². The topological polar surface area (TPSA) is 105 Å². The monoisotopic (exact) mass is 506 g/mol. The first kappa shape index (κ1) is 23.9. The third-order valence-electron chi connectivity index (χ3n) is 7.36. The van der Waals surface area contributed by atoms with Gasteiger partial charge >= 0.3 is 0 Å². The summed E-state index contributed by atoms with van der Waals surface area (Å²) in [6, 6.07) is 1.94. The molecule has 1 aliphatic heterocycles. The minimum absolute atomic E-state index is 0.0974. The van der Waals surface area contributed by atoms with Gasteiger partial charge in [-0.1, -0.05) is 37.3 Å². The number of hydrogen-bond donors (Lipinski definition) is 1. The molecule has 0 radical (unpaired) electrons. The van der Waals surface area contributed by atoms with E-state index in [0.29, 0.717) is 53.3 Å². The van der Waals surface area contributed by atoms with E-state index in [-0.39, 0.29) is 17.9 Å². The Kier molecular flexibility index (Phi) is 7.09. The van der Waals surface area contributed by atoms with Gasteiger partial charge < -0.3 is 9.84 Å². The average molecular weight is 507 g/mol. The maximum atomic E-state index is 13.4. The second-order valence-corrected chi connectivity index (χ2v) is 13.2. The van der Waals surface area contributed by atoms with E-state index in [1.165, 1.54) is 47.7 Å². The van der Waals surface area contributed by atoms with E-state index < -0.39 is 10.0 Å². The molecule has 0 aromatic carbocycles. The zero-order chi connectivity index (χ0) is 23.7. The molecule has 0 spiro atoms. The first-order valence-corrected chi connectivity index (χ1v) is 14.9. The Hall–Kier alpha value is -1.78. The maximum absolute atomic E-state index is 13.4. The zero-order valence-electron chi connectivity index (χ0n) is 19.8. The van der Waals surface area contributed by atoms with E-state index in [9.17, 15) is 13.2 Å². The minimum Gasteiger partial charge on any atom is -0.353 e. The number of carbonyl (C=O) groups is 1. The molecule has 34 heavy (non-hydrogen) atoms. The van der Waals surface area contributed by atoms with Crippen LogP contribution < -0.4 is 5.32 Å². The lowest BCUT2D eigenvalue weighted by atomic mass is 9.94. The van der Waals surface area contributed by atoms with Crippen molar-refractivity contribution >= 4 is 27.3 Å². The van der Waals surface area contributed by atoms with Crippen LogP contribution in [0.2, 0.25) is 0 Å².